The SMILES string of the molecule is CC(=O)Nc1ccc(Sc2ccc(S(=O)(=O)N3CCOCC3)cn2)cc1. The Hall–Kier alpha value is -1.94. The maximum Gasteiger partial charge on any atom is 0.244 e. The van der Waals surface area contributed by atoms with Crippen LogP contribution in [0.25, 0.3) is 0 Å². The molecule has 2 aromatic rings. The quantitative estimate of drug-likeness (QED) is 0.838. The van der Waals surface area contributed by atoms with E-state index in [0.717, 1.165) is 10.6 Å². The van der Waals surface area contributed by atoms with Gasteiger partial charge in [-0.15, -0.1) is 0 Å². The van der Waals surface area contributed by atoms with Crippen molar-refractivity contribution >= 4 is 33.4 Å². The van der Waals surface area contributed by atoms with E-state index in [4.69, 9.17) is 4.74 Å². The summed E-state index contributed by atoms with van der Waals surface area (Å²) in [5.41, 5.74) is 0.724. The van der Waals surface area contributed by atoms with E-state index >= 15 is 0 Å². The molecule has 1 saturated heterocycles. The first-order chi connectivity index (χ1) is 12.4. The van der Waals surface area contributed by atoms with Gasteiger partial charge >= 0.3 is 0 Å². The third-order valence-electron chi connectivity index (χ3n) is 3.71. The lowest BCUT2D eigenvalue weighted by atomic mass is 10.3. The van der Waals surface area contributed by atoms with Gasteiger partial charge in [-0.05, 0) is 36.4 Å². The number of carbonyl (C=O) groups is 1. The Labute approximate surface area is 156 Å². The zero-order valence-electron chi connectivity index (χ0n) is 14.2. The Balaban J connectivity index is 1.68. The van der Waals surface area contributed by atoms with Gasteiger partial charge in [-0.25, -0.2) is 13.4 Å². The summed E-state index contributed by atoms with van der Waals surface area (Å²) in [5.74, 6) is -0.121. The molecule has 7 nitrogen and oxygen atoms in total. The van der Waals surface area contributed by atoms with Crippen LogP contribution in [0.2, 0.25) is 0 Å². The average molecular weight is 393 g/mol. The van der Waals surface area contributed by atoms with Crippen LogP contribution in [0.5, 0.6) is 0 Å². The largest absolute Gasteiger partial charge is 0.379 e. The smallest absolute Gasteiger partial charge is 0.244 e. The predicted octanol–water partition coefficient (Wildman–Crippen LogP) is 2.21. The number of amides is 1. The van der Waals surface area contributed by atoms with E-state index in [-0.39, 0.29) is 10.8 Å². The van der Waals surface area contributed by atoms with Gasteiger partial charge < -0.3 is 10.1 Å². The van der Waals surface area contributed by atoms with Gasteiger partial charge in [-0.1, -0.05) is 11.8 Å². The maximum atomic E-state index is 12.6. The first-order valence-corrected chi connectivity index (χ1v) is 10.3. The molecule has 1 aliphatic rings. The van der Waals surface area contributed by atoms with Crippen LogP contribution in [-0.2, 0) is 19.6 Å². The monoisotopic (exact) mass is 393 g/mol. The molecule has 138 valence electrons. The number of rotatable bonds is 5. The van der Waals surface area contributed by atoms with Crippen molar-refractivity contribution in [3.8, 4) is 0 Å². The van der Waals surface area contributed by atoms with Crippen LogP contribution in [0, 0.1) is 0 Å². The van der Waals surface area contributed by atoms with Crippen molar-refractivity contribution in [3.63, 3.8) is 0 Å². The summed E-state index contributed by atoms with van der Waals surface area (Å²) >= 11 is 1.42. The van der Waals surface area contributed by atoms with E-state index in [0.29, 0.717) is 31.3 Å². The van der Waals surface area contributed by atoms with Crippen LogP contribution in [0.15, 0.2) is 57.4 Å². The molecule has 1 aliphatic heterocycles. The Kier molecular flexibility index (Phi) is 5.92. The summed E-state index contributed by atoms with van der Waals surface area (Å²) < 4.78 is 31.8. The second kappa shape index (κ2) is 8.17. The molecule has 0 unspecified atom stereocenters. The van der Waals surface area contributed by atoms with Crippen molar-refractivity contribution in [1.29, 1.82) is 0 Å². The fraction of sp³-hybridized carbons (Fsp3) is 0.294. The number of sulfonamides is 1. The minimum Gasteiger partial charge on any atom is -0.379 e. The number of nitrogens with one attached hydrogen (secondary N) is 1. The summed E-state index contributed by atoms with van der Waals surface area (Å²) in [5, 5.41) is 3.40. The van der Waals surface area contributed by atoms with E-state index in [2.05, 4.69) is 10.3 Å². The molecule has 0 radical (unpaired) electrons. The van der Waals surface area contributed by atoms with Gasteiger partial charge in [-0.2, -0.15) is 4.31 Å². The van der Waals surface area contributed by atoms with Crippen molar-refractivity contribution in [1.82, 2.24) is 9.29 Å². The van der Waals surface area contributed by atoms with Crippen LogP contribution in [-0.4, -0.2) is 49.9 Å². The molecule has 1 amide bonds. The fourth-order valence-electron chi connectivity index (χ4n) is 2.45. The Bertz CT molecular complexity index is 862. The van der Waals surface area contributed by atoms with Crippen molar-refractivity contribution in [3.05, 3.63) is 42.6 Å². The van der Waals surface area contributed by atoms with E-state index in [9.17, 15) is 13.2 Å². The molecule has 0 bridgehead atoms. The molecular weight excluding hydrogens is 374 g/mol. The van der Waals surface area contributed by atoms with E-state index < -0.39 is 10.0 Å². The van der Waals surface area contributed by atoms with E-state index in [1.807, 2.05) is 12.1 Å². The normalized spacial score (nSPS) is 15.6. The van der Waals surface area contributed by atoms with Gasteiger partial charge in [0.15, 0.2) is 0 Å². The number of nitrogens with zero attached hydrogens (tertiary/aromatic N) is 2. The van der Waals surface area contributed by atoms with Crippen molar-refractivity contribution in [2.45, 2.75) is 21.7 Å². The van der Waals surface area contributed by atoms with Gasteiger partial charge in [0.2, 0.25) is 15.9 Å². The fourth-order valence-corrected chi connectivity index (χ4v) is 4.56. The summed E-state index contributed by atoms with van der Waals surface area (Å²) in [6, 6.07) is 10.6. The summed E-state index contributed by atoms with van der Waals surface area (Å²) in [7, 11) is -3.53. The number of hydrogen-bond donors (Lipinski definition) is 1. The van der Waals surface area contributed by atoms with Crippen molar-refractivity contribution < 1.29 is 17.9 Å². The third kappa shape index (κ3) is 4.61. The number of anilines is 1. The van der Waals surface area contributed by atoms with Gasteiger partial charge in [-0.3, -0.25) is 4.79 Å². The number of benzene rings is 1. The highest BCUT2D eigenvalue weighted by atomic mass is 32.2. The highest BCUT2D eigenvalue weighted by Crippen LogP contribution is 2.28. The summed E-state index contributed by atoms with van der Waals surface area (Å²) in [6.07, 6.45) is 1.39. The third-order valence-corrected chi connectivity index (χ3v) is 6.55. The van der Waals surface area contributed by atoms with Crippen molar-refractivity contribution in [2.75, 3.05) is 31.6 Å². The first kappa shape index (κ1) is 18.8. The molecule has 0 atom stereocenters. The number of carbonyl (C=O) groups excluding carboxylic acids is 1. The Morgan fingerprint density at radius 1 is 1.15 bits per heavy atom. The first-order valence-electron chi connectivity index (χ1n) is 8.04. The van der Waals surface area contributed by atoms with Gasteiger partial charge in [0, 0.05) is 36.8 Å². The number of pyridine rings is 1. The molecule has 0 aliphatic carbocycles. The Morgan fingerprint density at radius 3 is 2.42 bits per heavy atom. The van der Waals surface area contributed by atoms with Crippen LogP contribution < -0.4 is 5.32 Å². The second-order valence-electron chi connectivity index (χ2n) is 5.66. The van der Waals surface area contributed by atoms with Gasteiger partial charge in [0.1, 0.15) is 9.92 Å². The second-order valence-corrected chi connectivity index (χ2v) is 8.69. The lowest BCUT2D eigenvalue weighted by molar-refractivity contribution is -0.114. The van der Waals surface area contributed by atoms with Crippen LogP contribution in [0.3, 0.4) is 0 Å². The highest BCUT2D eigenvalue weighted by molar-refractivity contribution is 7.99. The zero-order valence-corrected chi connectivity index (χ0v) is 15.8. The molecule has 3 rings (SSSR count). The molecule has 9 heteroatoms. The minimum absolute atomic E-state index is 0.121. The average Bonchev–Trinajstić information content (AvgIpc) is 2.64. The standard InChI is InChI=1S/C17H19N3O4S2/c1-13(21)19-14-2-4-15(5-3-14)25-17-7-6-16(12-18-17)26(22,23)20-8-10-24-11-9-20/h2-7,12H,8-11H2,1H3,(H,19,21). The molecule has 1 aromatic heterocycles. The molecule has 1 N–H and O–H groups in total. The van der Waals surface area contributed by atoms with Crippen LogP contribution in [0.1, 0.15) is 6.92 Å². The van der Waals surface area contributed by atoms with Gasteiger partial charge in [0.25, 0.3) is 0 Å². The predicted molar refractivity (Wildman–Crippen MR) is 98.7 cm³/mol. The minimum atomic E-state index is -3.53. The number of ether oxygens (including phenoxy) is 1. The Morgan fingerprint density at radius 2 is 1.85 bits per heavy atom. The number of hydrogen-bond acceptors (Lipinski definition) is 6. The molecule has 26 heavy (non-hydrogen) atoms. The lowest BCUT2D eigenvalue weighted by Crippen LogP contribution is -2.40. The maximum absolute atomic E-state index is 12.6. The zero-order chi connectivity index (χ0) is 18.6. The van der Waals surface area contributed by atoms with Crippen LogP contribution >= 0.6 is 11.8 Å². The van der Waals surface area contributed by atoms with E-state index in [1.165, 1.54) is 29.2 Å². The molecule has 0 spiro atoms. The topological polar surface area (TPSA) is 88.6 Å². The van der Waals surface area contributed by atoms with Gasteiger partial charge in [0.05, 0.1) is 13.2 Å². The molecule has 1 fully saturated rings. The summed E-state index contributed by atoms with van der Waals surface area (Å²) in [4.78, 5) is 16.4. The number of aromatic nitrogens is 1. The highest BCUT2D eigenvalue weighted by Gasteiger charge is 2.26. The molecule has 1 aromatic carbocycles. The number of morpholine rings is 1. The molecule has 2 heterocycles. The summed E-state index contributed by atoms with van der Waals surface area (Å²) in [6.45, 7) is 3.00. The van der Waals surface area contributed by atoms with E-state index in [1.54, 1.807) is 24.3 Å². The van der Waals surface area contributed by atoms with Crippen LogP contribution in [0.4, 0.5) is 5.69 Å². The van der Waals surface area contributed by atoms with Crippen molar-refractivity contribution in [2.24, 2.45) is 0 Å². The molecular formula is C17H19N3O4S2. The lowest BCUT2D eigenvalue weighted by Gasteiger charge is -2.25. The molecule has 0 saturated carbocycles.